The lowest BCUT2D eigenvalue weighted by atomic mass is 10.2. The number of hydrogen-bond donors (Lipinski definition) is 2. The number of anilines is 2. The number of carbonyl (C=O) groups is 1. The van der Waals surface area contributed by atoms with Crippen LogP contribution in [0.4, 0.5) is 20.3 Å². The molecule has 33 heavy (non-hydrogen) atoms. The van der Waals surface area contributed by atoms with Gasteiger partial charge in [0.25, 0.3) is 0 Å². The summed E-state index contributed by atoms with van der Waals surface area (Å²) >= 11 is 0. The number of benzene rings is 2. The zero-order chi connectivity index (χ0) is 22.8. The van der Waals surface area contributed by atoms with Gasteiger partial charge >= 0.3 is 0 Å². The second kappa shape index (κ2) is 8.69. The standard InChI is InChI=1S/C22H18F2N6O3/c23-14-2-3-16(15(24)10-14)26-22(31)8-7-21-28-27-20-6-5-19(29-30(20)21)25-11-13-1-4-17-18(9-13)33-12-32-17/h1-6,9-10H,7-8,11-12H2,(H,25,29)(H,26,31). The lowest BCUT2D eigenvalue weighted by molar-refractivity contribution is -0.116. The van der Waals surface area contributed by atoms with E-state index in [1.807, 2.05) is 18.2 Å². The molecule has 9 nitrogen and oxygen atoms in total. The van der Waals surface area contributed by atoms with Crippen molar-refractivity contribution in [2.45, 2.75) is 19.4 Å². The summed E-state index contributed by atoms with van der Waals surface area (Å²) < 4.78 is 39.0. The van der Waals surface area contributed by atoms with E-state index in [4.69, 9.17) is 9.47 Å². The van der Waals surface area contributed by atoms with E-state index < -0.39 is 17.5 Å². The average Bonchev–Trinajstić information content (AvgIpc) is 3.44. The first kappa shape index (κ1) is 20.6. The highest BCUT2D eigenvalue weighted by Gasteiger charge is 2.14. The van der Waals surface area contributed by atoms with Crippen molar-refractivity contribution in [3.63, 3.8) is 0 Å². The quantitative estimate of drug-likeness (QED) is 0.444. The molecule has 1 aliphatic rings. The number of aryl methyl sites for hydroxylation is 1. The number of rotatable bonds is 7. The van der Waals surface area contributed by atoms with Crippen molar-refractivity contribution in [3.05, 3.63) is 71.6 Å². The molecule has 0 aliphatic carbocycles. The number of nitrogens with one attached hydrogen (secondary N) is 2. The maximum Gasteiger partial charge on any atom is 0.231 e. The third-order valence-electron chi connectivity index (χ3n) is 5.02. The van der Waals surface area contributed by atoms with Crippen LogP contribution in [0.15, 0.2) is 48.5 Å². The number of hydrogen-bond acceptors (Lipinski definition) is 7. The smallest absolute Gasteiger partial charge is 0.231 e. The fourth-order valence-corrected chi connectivity index (χ4v) is 3.36. The summed E-state index contributed by atoms with van der Waals surface area (Å²) in [4.78, 5) is 12.2. The molecule has 1 aliphatic heterocycles. The Labute approximate surface area is 186 Å². The number of amides is 1. The van der Waals surface area contributed by atoms with Crippen molar-refractivity contribution < 1.29 is 23.0 Å². The number of carbonyl (C=O) groups excluding carboxylic acids is 1. The van der Waals surface area contributed by atoms with Crippen molar-refractivity contribution >= 4 is 23.1 Å². The molecule has 3 heterocycles. The van der Waals surface area contributed by atoms with Crippen LogP contribution in [0.3, 0.4) is 0 Å². The monoisotopic (exact) mass is 452 g/mol. The summed E-state index contributed by atoms with van der Waals surface area (Å²) in [5, 5.41) is 18.3. The number of aromatic nitrogens is 4. The van der Waals surface area contributed by atoms with Gasteiger partial charge in [-0.1, -0.05) is 6.07 Å². The van der Waals surface area contributed by atoms with Gasteiger partial charge in [-0.25, -0.2) is 8.78 Å². The minimum absolute atomic E-state index is 0.0220. The Bertz CT molecular complexity index is 1340. The first-order chi connectivity index (χ1) is 16.0. The molecular formula is C22H18F2N6O3. The first-order valence-corrected chi connectivity index (χ1v) is 10.1. The van der Waals surface area contributed by atoms with Gasteiger partial charge in [-0.15, -0.1) is 15.3 Å². The Kier molecular flexibility index (Phi) is 5.43. The zero-order valence-corrected chi connectivity index (χ0v) is 17.2. The van der Waals surface area contributed by atoms with E-state index >= 15 is 0 Å². The molecule has 4 aromatic rings. The van der Waals surface area contributed by atoms with Crippen molar-refractivity contribution in [2.24, 2.45) is 0 Å². The largest absolute Gasteiger partial charge is 0.454 e. The third-order valence-corrected chi connectivity index (χ3v) is 5.02. The van der Waals surface area contributed by atoms with Gasteiger partial charge in [-0.3, -0.25) is 4.79 Å². The van der Waals surface area contributed by atoms with Crippen LogP contribution in [0.5, 0.6) is 11.5 Å². The highest BCUT2D eigenvalue weighted by atomic mass is 19.1. The van der Waals surface area contributed by atoms with Crippen LogP contribution < -0.4 is 20.1 Å². The lowest BCUT2D eigenvalue weighted by Gasteiger charge is -2.08. The van der Waals surface area contributed by atoms with Gasteiger partial charge in [0.1, 0.15) is 17.5 Å². The van der Waals surface area contributed by atoms with Gasteiger partial charge in [0.05, 0.1) is 5.69 Å². The molecule has 0 saturated heterocycles. The second-order valence-electron chi connectivity index (χ2n) is 7.32. The van der Waals surface area contributed by atoms with Crippen molar-refractivity contribution in [2.75, 3.05) is 17.4 Å². The molecular weight excluding hydrogens is 434 g/mol. The normalized spacial score (nSPS) is 12.2. The summed E-state index contributed by atoms with van der Waals surface area (Å²) in [5.41, 5.74) is 1.44. The number of halogens is 2. The molecule has 0 spiro atoms. The molecule has 2 N–H and O–H groups in total. The lowest BCUT2D eigenvalue weighted by Crippen LogP contribution is -2.14. The minimum atomic E-state index is -0.837. The molecule has 2 aromatic carbocycles. The maximum absolute atomic E-state index is 13.7. The fourth-order valence-electron chi connectivity index (χ4n) is 3.36. The molecule has 1 amide bonds. The van der Waals surface area contributed by atoms with Crippen LogP contribution in [0.1, 0.15) is 17.8 Å². The molecule has 0 saturated carbocycles. The Morgan fingerprint density at radius 2 is 1.91 bits per heavy atom. The van der Waals surface area contributed by atoms with E-state index in [2.05, 4.69) is 25.9 Å². The van der Waals surface area contributed by atoms with Gasteiger partial charge in [0.15, 0.2) is 23.0 Å². The molecule has 168 valence electrons. The van der Waals surface area contributed by atoms with Crippen LogP contribution in [0, 0.1) is 11.6 Å². The van der Waals surface area contributed by atoms with Gasteiger partial charge in [-0.2, -0.15) is 4.52 Å². The van der Waals surface area contributed by atoms with E-state index in [9.17, 15) is 13.6 Å². The van der Waals surface area contributed by atoms with Crippen molar-refractivity contribution in [3.8, 4) is 11.5 Å². The van der Waals surface area contributed by atoms with Crippen LogP contribution in [-0.4, -0.2) is 32.5 Å². The van der Waals surface area contributed by atoms with Gasteiger partial charge in [-0.05, 0) is 42.0 Å². The third kappa shape index (κ3) is 4.52. The van der Waals surface area contributed by atoms with Crippen molar-refractivity contribution in [1.29, 1.82) is 0 Å². The molecule has 0 fully saturated rings. The van der Waals surface area contributed by atoms with E-state index in [0.29, 0.717) is 35.7 Å². The van der Waals surface area contributed by atoms with Crippen LogP contribution >= 0.6 is 0 Å². The summed E-state index contributed by atoms with van der Waals surface area (Å²) in [6.07, 6.45) is 0.253. The molecule has 0 unspecified atom stereocenters. The van der Waals surface area contributed by atoms with Crippen molar-refractivity contribution in [1.82, 2.24) is 19.8 Å². The Morgan fingerprint density at radius 1 is 1.03 bits per heavy atom. The Balaban J connectivity index is 1.23. The summed E-state index contributed by atoms with van der Waals surface area (Å²) in [6.45, 7) is 0.732. The predicted molar refractivity (Wildman–Crippen MR) is 114 cm³/mol. The highest BCUT2D eigenvalue weighted by molar-refractivity contribution is 5.90. The fraction of sp³-hybridized carbons (Fsp3) is 0.182. The van der Waals surface area contributed by atoms with Gasteiger partial charge in [0, 0.05) is 25.5 Å². The summed E-state index contributed by atoms with van der Waals surface area (Å²) in [7, 11) is 0. The van der Waals surface area contributed by atoms with E-state index in [1.54, 1.807) is 16.6 Å². The van der Waals surface area contributed by atoms with E-state index in [0.717, 1.165) is 17.4 Å². The number of nitrogens with zero attached hydrogens (tertiary/aromatic N) is 4. The van der Waals surface area contributed by atoms with Crippen LogP contribution in [0.25, 0.3) is 5.65 Å². The van der Waals surface area contributed by atoms with Crippen LogP contribution in [0.2, 0.25) is 0 Å². The zero-order valence-electron chi connectivity index (χ0n) is 17.2. The van der Waals surface area contributed by atoms with Crippen LogP contribution in [-0.2, 0) is 17.8 Å². The second-order valence-corrected chi connectivity index (χ2v) is 7.32. The SMILES string of the molecule is O=C(CCc1nnc2ccc(NCc3ccc4c(c3)OCO4)nn12)Nc1ccc(F)cc1F. The van der Waals surface area contributed by atoms with Gasteiger partial charge < -0.3 is 20.1 Å². The Morgan fingerprint density at radius 3 is 2.79 bits per heavy atom. The summed E-state index contributed by atoms with van der Waals surface area (Å²) in [5.74, 6) is 0.515. The van der Waals surface area contributed by atoms with E-state index in [1.165, 1.54) is 6.07 Å². The highest BCUT2D eigenvalue weighted by Crippen LogP contribution is 2.32. The molecule has 0 atom stereocenters. The molecule has 0 bridgehead atoms. The minimum Gasteiger partial charge on any atom is -0.454 e. The average molecular weight is 452 g/mol. The molecule has 11 heteroatoms. The number of fused-ring (bicyclic) bond motifs is 2. The topological polar surface area (TPSA) is 103 Å². The maximum atomic E-state index is 13.7. The Hall–Kier alpha value is -4.28. The van der Waals surface area contributed by atoms with E-state index in [-0.39, 0.29) is 25.3 Å². The molecule has 5 rings (SSSR count). The number of ether oxygens (including phenoxy) is 2. The molecule has 0 radical (unpaired) electrons. The predicted octanol–water partition coefficient (Wildman–Crippen LogP) is 3.31. The summed E-state index contributed by atoms with van der Waals surface area (Å²) in [6, 6.07) is 12.2. The first-order valence-electron chi connectivity index (χ1n) is 10.1. The molecule has 2 aromatic heterocycles. The van der Waals surface area contributed by atoms with Gasteiger partial charge in [0.2, 0.25) is 12.7 Å².